The zero-order chi connectivity index (χ0) is 31.0. The lowest BCUT2D eigenvalue weighted by Gasteiger charge is -2.35. The van der Waals surface area contributed by atoms with Crippen molar-refractivity contribution in [1.29, 1.82) is 0 Å². The van der Waals surface area contributed by atoms with Gasteiger partial charge >= 0.3 is 5.97 Å². The van der Waals surface area contributed by atoms with Crippen molar-refractivity contribution in [2.45, 2.75) is 43.4 Å². The third-order valence-electron chi connectivity index (χ3n) is 7.91. The lowest BCUT2D eigenvalue weighted by molar-refractivity contribution is -0.143. The Hall–Kier alpha value is -4.38. The topological polar surface area (TPSA) is 86.6 Å². The molecule has 6 rings (SSSR count). The minimum absolute atomic E-state index is 0.00197. The summed E-state index contributed by atoms with van der Waals surface area (Å²) in [5.41, 5.74) is 1.75. The van der Waals surface area contributed by atoms with Crippen LogP contribution in [0, 0.1) is 17.5 Å². The zero-order valence-electron chi connectivity index (χ0n) is 24.3. The summed E-state index contributed by atoms with van der Waals surface area (Å²) in [5.74, 6) is -2.63. The Morgan fingerprint density at radius 2 is 2.00 bits per heavy atom. The van der Waals surface area contributed by atoms with Gasteiger partial charge in [0.15, 0.2) is 11.6 Å². The van der Waals surface area contributed by atoms with Gasteiger partial charge in [0.05, 0.1) is 34.9 Å². The summed E-state index contributed by atoms with van der Waals surface area (Å²) >= 11 is 1.21. The number of hydrogen-bond donors (Lipinski definition) is 1. The summed E-state index contributed by atoms with van der Waals surface area (Å²) in [4.78, 5) is 19.8. The highest BCUT2D eigenvalue weighted by Crippen LogP contribution is 2.46. The van der Waals surface area contributed by atoms with Crippen LogP contribution < -0.4 is 9.47 Å². The summed E-state index contributed by atoms with van der Waals surface area (Å²) < 4.78 is 67.7. The fourth-order valence-electron chi connectivity index (χ4n) is 5.58. The first-order valence-corrected chi connectivity index (χ1v) is 15.3. The van der Waals surface area contributed by atoms with E-state index in [2.05, 4.69) is 9.97 Å². The first kappa shape index (κ1) is 29.7. The second-order valence-corrected chi connectivity index (χ2v) is 11.4. The molecule has 228 valence electrons. The number of H-pyrrole nitrogens is 1. The monoisotopic (exact) mass is 622 g/mol. The van der Waals surface area contributed by atoms with Crippen molar-refractivity contribution < 1.29 is 36.6 Å². The van der Waals surface area contributed by atoms with Gasteiger partial charge in [-0.3, -0.25) is 4.79 Å². The maximum Gasteiger partial charge on any atom is 0.306 e. The number of para-hydroxylation sites is 1. The van der Waals surface area contributed by atoms with Crippen LogP contribution in [0.1, 0.15) is 43.5 Å². The molecule has 0 saturated heterocycles. The molecule has 2 aromatic heterocycles. The Bertz CT molecular complexity index is 1870. The quantitative estimate of drug-likeness (QED) is 0.131. The molecule has 3 heterocycles. The second kappa shape index (κ2) is 12.0. The van der Waals surface area contributed by atoms with E-state index in [1.807, 2.05) is 25.1 Å². The van der Waals surface area contributed by atoms with Crippen LogP contribution in [0.2, 0.25) is 0 Å². The lowest BCUT2D eigenvalue weighted by atomic mass is 9.74. The summed E-state index contributed by atoms with van der Waals surface area (Å²) in [5, 5.41) is 0.472. The number of benzene rings is 3. The number of esters is 1. The number of aromatic amines is 1. The van der Waals surface area contributed by atoms with E-state index in [9.17, 15) is 9.18 Å². The number of aryl methyl sites for hydroxylation is 1. The predicted molar refractivity (Wildman–Crippen MR) is 160 cm³/mol. The minimum Gasteiger partial charge on any atom is -0.493 e. The van der Waals surface area contributed by atoms with E-state index in [0.717, 1.165) is 17.2 Å². The molecule has 0 radical (unpaired) electrons. The van der Waals surface area contributed by atoms with Crippen LogP contribution in [0.4, 0.5) is 13.2 Å². The van der Waals surface area contributed by atoms with Crippen molar-refractivity contribution in [1.82, 2.24) is 9.97 Å². The van der Waals surface area contributed by atoms with Gasteiger partial charge in [-0.25, -0.2) is 13.8 Å². The SMILES string of the molecule is CCOC(=O)CCc1cccc2c1OCCC2(C)c1coc(-c2cc(Oc3c(F)c(F)c4[nH]ccc4c3SC)ccc2F)n1. The molecule has 1 N–H and O–H groups in total. The number of carbonyl (C=O) groups excluding carboxylic acids is 1. The molecule has 7 nitrogen and oxygen atoms in total. The Balaban J connectivity index is 1.32. The highest BCUT2D eigenvalue weighted by atomic mass is 32.2. The Kier molecular flexibility index (Phi) is 8.06. The number of ether oxygens (including phenoxy) is 3. The first-order chi connectivity index (χ1) is 21.2. The second-order valence-electron chi connectivity index (χ2n) is 10.6. The molecular weight excluding hydrogens is 593 g/mol. The molecule has 11 heteroatoms. The van der Waals surface area contributed by atoms with Gasteiger partial charge in [0.25, 0.3) is 0 Å². The Morgan fingerprint density at radius 1 is 1.16 bits per heavy atom. The molecule has 1 atom stereocenters. The fraction of sp³-hybridized carbons (Fsp3) is 0.273. The number of carbonyl (C=O) groups is 1. The molecule has 44 heavy (non-hydrogen) atoms. The number of nitrogens with zero attached hydrogens (tertiary/aromatic N) is 1. The van der Waals surface area contributed by atoms with Gasteiger partial charge < -0.3 is 23.6 Å². The van der Waals surface area contributed by atoms with Crippen LogP contribution in [0.25, 0.3) is 22.4 Å². The van der Waals surface area contributed by atoms with E-state index >= 15 is 8.78 Å². The van der Waals surface area contributed by atoms with E-state index in [0.29, 0.717) is 47.8 Å². The number of aromatic nitrogens is 2. The number of halogens is 3. The number of fused-ring (bicyclic) bond motifs is 2. The highest BCUT2D eigenvalue weighted by Gasteiger charge is 2.39. The van der Waals surface area contributed by atoms with Crippen LogP contribution in [0.5, 0.6) is 17.2 Å². The van der Waals surface area contributed by atoms with Crippen molar-refractivity contribution in [2.24, 2.45) is 0 Å². The van der Waals surface area contributed by atoms with Gasteiger partial charge in [0, 0.05) is 29.0 Å². The van der Waals surface area contributed by atoms with E-state index < -0.39 is 22.9 Å². The predicted octanol–water partition coefficient (Wildman–Crippen LogP) is 8.34. The standard InChI is InChI=1S/C33H29F3N2O5S/c1-4-40-25(39)11-8-18-6-5-7-22-29(18)41-15-13-33(22,2)24-17-42-32(38-24)21-16-19(9-10-23(21)34)43-30-27(36)26(35)28-20(12-14-37-28)31(30)44-3/h5-7,9-10,12,14,16-17,37H,4,8,11,13,15H2,1-3H3. The maximum absolute atomic E-state index is 15.1. The third-order valence-corrected chi connectivity index (χ3v) is 8.73. The number of hydrogen-bond acceptors (Lipinski definition) is 7. The average molecular weight is 623 g/mol. The molecule has 5 aromatic rings. The van der Waals surface area contributed by atoms with E-state index in [-0.39, 0.29) is 40.9 Å². The molecule has 0 saturated carbocycles. The van der Waals surface area contributed by atoms with E-state index in [1.54, 1.807) is 19.2 Å². The molecule has 0 bridgehead atoms. The fourth-order valence-corrected chi connectivity index (χ4v) is 6.29. The van der Waals surface area contributed by atoms with Gasteiger partial charge in [-0.05, 0) is 62.8 Å². The van der Waals surface area contributed by atoms with Crippen molar-refractivity contribution in [3.63, 3.8) is 0 Å². The van der Waals surface area contributed by atoms with Crippen molar-refractivity contribution >= 4 is 28.6 Å². The summed E-state index contributed by atoms with van der Waals surface area (Å²) in [7, 11) is 0. The number of oxazole rings is 1. The summed E-state index contributed by atoms with van der Waals surface area (Å²) in [6, 6.07) is 11.3. The molecule has 0 fully saturated rings. The maximum atomic E-state index is 15.1. The molecule has 1 aliphatic heterocycles. The normalized spacial score (nSPS) is 16.0. The van der Waals surface area contributed by atoms with Crippen LogP contribution in [-0.2, 0) is 21.4 Å². The van der Waals surface area contributed by atoms with Gasteiger partial charge in [-0.1, -0.05) is 18.2 Å². The molecular formula is C33H29F3N2O5S. The number of rotatable bonds is 9. The molecule has 0 amide bonds. The van der Waals surface area contributed by atoms with Crippen molar-refractivity contribution in [3.05, 3.63) is 89.2 Å². The van der Waals surface area contributed by atoms with Gasteiger partial charge in [-0.2, -0.15) is 4.39 Å². The smallest absolute Gasteiger partial charge is 0.306 e. The van der Waals surface area contributed by atoms with Crippen LogP contribution in [-0.4, -0.2) is 35.4 Å². The Morgan fingerprint density at radius 3 is 2.80 bits per heavy atom. The van der Waals surface area contributed by atoms with Gasteiger partial charge in [0.2, 0.25) is 11.7 Å². The average Bonchev–Trinajstić information content (AvgIpc) is 3.72. The highest BCUT2D eigenvalue weighted by molar-refractivity contribution is 7.99. The number of nitrogens with one attached hydrogen (secondary N) is 1. The summed E-state index contributed by atoms with van der Waals surface area (Å²) in [6.45, 7) is 4.51. The molecule has 1 aliphatic rings. The van der Waals surface area contributed by atoms with Gasteiger partial charge in [0.1, 0.15) is 23.6 Å². The molecule has 0 spiro atoms. The lowest BCUT2D eigenvalue weighted by Crippen LogP contribution is -2.32. The molecule has 3 aromatic carbocycles. The van der Waals surface area contributed by atoms with Gasteiger partial charge in [-0.15, -0.1) is 11.8 Å². The zero-order valence-corrected chi connectivity index (χ0v) is 25.1. The van der Waals surface area contributed by atoms with Crippen LogP contribution >= 0.6 is 11.8 Å². The van der Waals surface area contributed by atoms with Crippen LogP contribution in [0.3, 0.4) is 0 Å². The number of thioether (sulfide) groups is 1. The minimum atomic E-state index is -1.15. The largest absolute Gasteiger partial charge is 0.493 e. The van der Waals surface area contributed by atoms with Crippen LogP contribution in [0.15, 0.2) is 64.2 Å². The molecule has 0 aliphatic carbocycles. The van der Waals surface area contributed by atoms with E-state index in [4.69, 9.17) is 18.6 Å². The van der Waals surface area contributed by atoms with E-state index in [1.165, 1.54) is 36.4 Å². The summed E-state index contributed by atoms with van der Waals surface area (Å²) in [6.07, 6.45) is 6.01. The first-order valence-electron chi connectivity index (χ1n) is 14.1. The third kappa shape index (κ3) is 5.19. The van der Waals surface area contributed by atoms with Crippen molar-refractivity contribution in [3.8, 4) is 28.7 Å². The Labute approximate surface area is 255 Å². The molecule has 1 unspecified atom stereocenters. The van der Waals surface area contributed by atoms with Crippen molar-refractivity contribution in [2.75, 3.05) is 19.5 Å².